The molecule has 0 saturated heterocycles. The fourth-order valence-electron chi connectivity index (χ4n) is 1.96. The molecular weight excluding hydrogens is 294 g/mol. The van der Waals surface area contributed by atoms with Crippen LogP contribution in [0, 0.1) is 0 Å². The molecule has 0 bridgehead atoms. The second kappa shape index (κ2) is 8.24. The molecule has 0 spiro atoms. The van der Waals surface area contributed by atoms with Crippen LogP contribution in [0.3, 0.4) is 0 Å². The van der Waals surface area contributed by atoms with Gasteiger partial charge in [0.15, 0.2) is 5.75 Å². The molecule has 1 aromatic carbocycles. The number of nitrogens with zero attached hydrogens (tertiary/aromatic N) is 2. The van der Waals surface area contributed by atoms with E-state index in [4.69, 9.17) is 15.2 Å². The third kappa shape index (κ3) is 5.34. The monoisotopic (exact) mass is 317 g/mol. The predicted molar refractivity (Wildman–Crippen MR) is 91.1 cm³/mol. The quantitative estimate of drug-likeness (QED) is 0.746. The number of benzene rings is 1. The Kier molecular flexibility index (Phi) is 6.05. The predicted octanol–water partition coefficient (Wildman–Crippen LogP) is 1.45. The fraction of sp³-hybridized carbons (Fsp3) is 0.353. The maximum Gasteiger partial charge on any atom is 0.292 e. The van der Waals surface area contributed by atoms with Crippen molar-refractivity contribution < 1.29 is 9.47 Å². The van der Waals surface area contributed by atoms with Gasteiger partial charge in [-0.25, -0.2) is 0 Å². The van der Waals surface area contributed by atoms with Gasteiger partial charge in [0.05, 0.1) is 6.54 Å². The molecular formula is C17H23N3O3. The number of ether oxygens (including phenoxy) is 2. The number of nitrogen functional groups attached to an aromatic ring is 1. The molecule has 0 aliphatic rings. The van der Waals surface area contributed by atoms with Crippen LogP contribution in [0.4, 0.5) is 5.69 Å². The number of pyridine rings is 1. The second-order valence-electron chi connectivity index (χ2n) is 5.44. The molecule has 0 atom stereocenters. The van der Waals surface area contributed by atoms with Crippen LogP contribution in [-0.4, -0.2) is 43.3 Å². The zero-order valence-electron chi connectivity index (χ0n) is 13.6. The Hall–Kier alpha value is -2.47. The highest BCUT2D eigenvalue weighted by Crippen LogP contribution is 2.13. The van der Waals surface area contributed by atoms with Crippen LogP contribution in [0.2, 0.25) is 0 Å². The molecule has 1 heterocycles. The summed E-state index contributed by atoms with van der Waals surface area (Å²) in [5, 5.41) is 0. The third-order valence-electron chi connectivity index (χ3n) is 3.26. The molecule has 2 rings (SSSR count). The highest BCUT2D eigenvalue weighted by molar-refractivity contribution is 5.41. The molecule has 2 N–H and O–H groups in total. The standard InChI is InChI=1S/C17H23N3O3/c1-19(2)10-12-23-16-4-3-9-20(17(16)21)11-13-22-15-7-5-14(18)6-8-15/h3-9H,10-13,18H2,1-2H3. The van der Waals surface area contributed by atoms with Gasteiger partial charge in [-0.3, -0.25) is 4.79 Å². The molecule has 0 aliphatic heterocycles. The highest BCUT2D eigenvalue weighted by Gasteiger charge is 2.05. The summed E-state index contributed by atoms with van der Waals surface area (Å²) in [6, 6.07) is 10.7. The molecule has 0 amide bonds. The summed E-state index contributed by atoms with van der Waals surface area (Å²) in [4.78, 5) is 14.3. The van der Waals surface area contributed by atoms with Crippen LogP contribution in [0.15, 0.2) is 47.4 Å². The van der Waals surface area contributed by atoms with Crippen LogP contribution in [0.25, 0.3) is 0 Å². The third-order valence-corrected chi connectivity index (χ3v) is 3.26. The number of nitrogens with two attached hydrogens (primary N) is 1. The molecule has 0 radical (unpaired) electrons. The molecule has 0 unspecified atom stereocenters. The van der Waals surface area contributed by atoms with Crippen molar-refractivity contribution in [2.24, 2.45) is 0 Å². The highest BCUT2D eigenvalue weighted by atomic mass is 16.5. The van der Waals surface area contributed by atoms with Gasteiger partial charge in [0.1, 0.15) is 19.0 Å². The average Bonchev–Trinajstić information content (AvgIpc) is 2.52. The van der Waals surface area contributed by atoms with Crippen molar-refractivity contribution in [1.29, 1.82) is 0 Å². The van der Waals surface area contributed by atoms with Gasteiger partial charge in [0, 0.05) is 18.4 Å². The van der Waals surface area contributed by atoms with Crippen LogP contribution in [0.1, 0.15) is 0 Å². The Bertz CT molecular complexity index is 666. The van der Waals surface area contributed by atoms with E-state index in [9.17, 15) is 4.79 Å². The lowest BCUT2D eigenvalue weighted by Crippen LogP contribution is -2.26. The van der Waals surface area contributed by atoms with Gasteiger partial charge in [0.25, 0.3) is 5.56 Å². The molecule has 23 heavy (non-hydrogen) atoms. The van der Waals surface area contributed by atoms with Gasteiger partial charge in [-0.15, -0.1) is 0 Å². The smallest absolute Gasteiger partial charge is 0.292 e. The van der Waals surface area contributed by atoms with E-state index < -0.39 is 0 Å². The molecule has 6 nitrogen and oxygen atoms in total. The van der Waals surface area contributed by atoms with Crippen molar-refractivity contribution >= 4 is 5.69 Å². The Labute approximate surface area is 136 Å². The largest absolute Gasteiger partial charge is 0.492 e. The molecule has 124 valence electrons. The molecule has 6 heteroatoms. The van der Waals surface area contributed by atoms with Crippen LogP contribution in [-0.2, 0) is 6.54 Å². The van der Waals surface area contributed by atoms with Crippen LogP contribution < -0.4 is 20.8 Å². The number of rotatable bonds is 8. The Morgan fingerprint density at radius 2 is 1.83 bits per heavy atom. The number of hydrogen-bond donors (Lipinski definition) is 1. The van der Waals surface area contributed by atoms with Crippen molar-refractivity contribution in [2.75, 3.05) is 39.6 Å². The van der Waals surface area contributed by atoms with Gasteiger partial charge in [0.2, 0.25) is 0 Å². The Balaban J connectivity index is 1.89. The van der Waals surface area contributed by atoms with E-state index in [-0.39, 0.29) is 5.56 Å². The second-order valence-corrected chi connectivity index (χ2v) is 5.44. The molecule has 1 aromatic heterocycles. The van der Waals surface area contributed by atoms with Crippen molar-refractivity contribution in [3.05, 3.63) is 52.9 Å². The summed E-state index contributed by atoms with van der Waals surface area (Å²) in [6.45, 7) is 2.09. The van der Waals surface area contributed by atoms with E-state index in [0.717, 1.165) is 12.3 Å². The van der Waals surface area contributed by atoms with Crippen molar-refractivity contribution in [2.45, 2.75) is 6.54 Å². The van der Waals surface area contributed by atoms with E-state index in [1.54, 1.807) is 47.2 Å². The van der Waals surface area contributed by atoms with Gasteiger partial charge in [-0.2, -0.15) is 0 Å². The first-order chi connectivity index (χ1) is 11.1. The average molecular weight is 317 g/mol. The topological polar surface area (TPSA) is 69.7 Å². The van der Waals surface area contributed by atoms with E-state index in [2.05, 4.69) is 0 Å². The Morgan fingerprint density at radius 3 is 2.52 bits per heavy atom. The van der Waals surface area contributed by atoms with E-state index >= 15 is 0 Å². The lowest BCUT2D eigenvalue weighted by atomic mass is 10.3. The normalized spacial score (nSPS) is 10.7. The van der Waals surface area contributed by atoms with E-state index in [1.165, 1.54) is 0 Å². The number of anilines is 1. The summed E-state index contributed by atoms with van der Waals surface area (Å²) in [5.41, 5.74) is 6.17. The first-order valence-electron chi connectivity index (χ1n) is 7.51. The summed E-state index contributed by atoms with van der Waals surface area (Å²) in [7, 11) is 3.92. The van der Waals surface area contributed by atoms with Crippen molar-refractivity contribution in [1.82, 2.24) is 9.47 Å². The minimum Gasteiger partial charge on any atom is -0.492 e. The first kappa shape index (κ1) is 16.9. The minimum absolute atomic E-state index is 0.146. The van der Waals surface area contributed by atoms with Crippen LogP contribution in [0.5, 0.6) is 11.5 Å². The van der Waals surface area contributed by atoms with Crippen molar-refractivity contribution in [3.8, 4) is 11.5 Å². The van der Waals surface area contributed by atoms with Gasteiger partial charge in [-0.1, -0.05) is 0 Å². The van der Waals surface area contributed by atoms with Gasteiger partial charge >= 0.3 is 0 Å². The number of likely N-dealkylation sites (N-methyl/N-ethyl adjacent to an activating group) is 1. The lowest BCUT2D eigenvalue weighted by Gasteiger charge is -2.12. The lowest BCUT2D eigenvalue weighted by molar-refractivity contribution is 0.255. The zero-order valence-corrected chi connectivity index (χ0v) is 13.6. The molecule has 0 saturated carbocycles. The maximum absolute atomic E-state index is 12.3. The number of hydrogen-bond acceptors (Lipinski definition) is 5. The minimum atomic E-state index is -0.146. The zero-order chi connectivity index (χ0) is 16.7. The molecule has 0 aliphatic carbocycles. The molecule has 0 fully saturated rings. The first-order valence-corrected chi connectivity index (χ1v) is 7.51. The van der Waals surface area contributed by atoms with Gasteiger partial charge in [-0.05, 0) is 50.5 Å². The van der Waals surface area contributed by atoms with E-state index in [1.807, 2.05) is 19.0 Å². The fourth-order valence-corrected chi connectivity index (χ4v) is 1.96. The summed E-state index contributed by atoms with van der Waals surface area (Å²) in [5.74, 6) is 1.09. The summed E-state index contributed by atoms with van der Waals surface area (Å²) < 4.78 is 12.7. The number of aromatic nitrogens is 1. The summed E-state index contributed by atoms with van der Waals surface area (Å²) in [6.07, 6.45) is 1.73. The maximum atomic E-state index is 12.3. The van der Waals surface area contributed by atoms with Crippen molar-refractivity contribution in [3.63, 3.8) is 0 Å². The summed E-state index contributed by atoms with van der Waals surface area (Å²) >= 11 is 0. The van der Waals surface area contributed by atoms with Crippen LogP contribution >= 0.6 is 0 Å². The Morgan fingerprint density at radius 1 is 1.09 bits per heavy atom. The van der Waals surface area contributed by atoms with Gasteiger partial charge < -0.3 is 24.7 Å². The SMILES string of the molecule is CN(C)CCOc1cccn(CCOc2ccc(N)cc2)c1=O. The molecule has 2 aromatic rings. The van der Waals surface area contributed by atoms with E-state index in [0.29, 0.717) is 31.2 Å².